The predicted octanol–water partition coefficient (Wildman–Crippen LogP) is 4.44. The van der Waals surface area contributed by atoms with Crippen molar-refractivity contribution in [2.45, 2.75) is 51.9 Å². The molecule has 0 saturated carbocycles. The average Bonchev–Trinajstić information content (AvgIpc) is 2.71. The number of hydrogen-bond acceptors (Lipinski definition) is 4. The van der Waals surface area contributed by atoms with Crippen LogP contribution in [0.5, 0.6) is 5.75 Å². The van der Waals surface area contributed by atoms with Gasteiger partial charge in [-0.3, -0.25) is 4.79 Å². The first-order valence-corrected chi connectivity index (χ1v) is 12.3. The van der Waals surface area contributed by atoms with Gasteiger partial charge in [-0.2, -0.15) is 4.31 Å². The molecule has 1 heterocycles. The maximum atomic E-state index is 13.2. The molecule has 0 radical (unpaired) electrons. The van der Waals surface area contributed by atoms with Crippen molar-refractivity contribution in [3.05, 3.63) is 53.1 Å². The quantitative estimate of drug-likeness (QED) is 0.685. The maximum Gasteiger partial charge on any atom is 0.243 e. The number of amides is 1. The third kappa shape index (κ3) is 5.46. The van der Waals surface area contributed by atoms with Crippen LogP contribution in [0.15, 0.2) is 41.3 Å². The number of nitrogens with zero attached hydrogens (tertiary/aromatic N) is 1. The van der Waals surface area contributed by atoms with Crippen LogP contribution in [0.3, 0.4) is 0 Å². The van der Waals surface area contributed by atoms with Crippen LogP contribution < -0.4 is 10.1 Å². The zero-order chi connectivity index (χ0) is 22.6. The third-order valence-corrected chi connectivity index (χ3v) is 7.81. The Balaban J connectivity index is 1.63. The number of rotatable bonds is 7. The molecule has 0 atom stereocenters. The number of carbonyl (C=O) groups is 1. The van der Waals surface area contributed by atoms with E-state index in [9.17, 15) is 13.2 Å². The smallest absolute Gasteiger partial charge is 0.243 e. The van der Waals surface area contributed by atoms with Crippen molar-refractivity contribution in [1.29, 1.82) is 0 Å². The summed E-state index contributed by atoms with van der Waals surface area (Å²) in [6, 6.07) is 11.2. The van der Waals surface area contributed by atoms with E-state index in [1.54, 1.807) is 0 Å². The standard InChI is InChI=1S/C24H32N2O4S/c1-5-13-30-22-8-6-7-21(16-22)25-24(27)20-9-11-26(12-10-20)31(28,29)23-18(3)14-17(2)15-19(23)4/h6-8,14-16,20H,5,9-13H2,1-4H3,(H,25,27). The average molecular weight is 445 g/mol. The van der Waals surface area contributed by atoms with Crippen molar-refractivity contribution in [2.24, 2.45) is 5.92 Å². The topological polar surface area (TPSA) is 75.7 Å². The van der Waals surface area contributed by atoms with E-state index >= 15 is 0 Å². The number of carbonyl (C=O) groups excluding carboxylic acids is 1. The number of hydrogen-bond donors (Lipinski definition) is 1. The number of anilines is 1. The number of piperidine rings is 1. The van der Waals surface area contributed by atoms with Crippen LogP contribution >= 0.6 is 0 Å². The lowest BCUT2D eigenvalue weighted by molar-refractivity contribution is -0.120. The summed E-state index contributed by atoms with van der Waals surface area (Å²) in [5.41, 5.74) is 3.28. The van der Waals surface area contributed by atoms with Crippen LogP contribution in [0, 0.1) is 26.7 Å². The molecule has 0 aliphatic carbocycles. The van der Waals surface area contributed by atoms with Crippen molar-refractivity contribution in [3.63, 3.8) is 0 Å². The molecule has 1 saturated heterocycles. The van der Waals surface area contributed by atoms with E-state index in [4.69, 9.17) is 4.74 Å². The van der Waals surface area contributed by atoms with Gasteiger partial charge in [0, 0.05) is 30.8 Å². The molecule has 7 heteroatoms. The summed E-state index contributed by atoms with van der Waals surface area (Å²) in [7, 11) is -3.58. The second-order valence-corrected chi connectivity index (χ2v) is 10.1. The van der Waals surface area contributed by atoms with E-state index in [0.717, 1.165) is 28.9 Å². The van der Waals surface area contributed by atoms with Crippen LogP contribution in [0.25, 0.3) is 0 Å². The van der Waals surface area contributed by atoms with Crippen molar-refractivity contribution >= 4 is 21.6 Å². The van der Waals surface area contributed by atoms with E-state index in [1.807, 2.05) is 64.1 Å². The SMILES string of the molecule is CCCOc1cccc(NC(=O)C2CCN(S(=O)(=O)c3c(C)cc(C)cc3C)CC2)c1. The number of sulfonamides is 1. The molecule has 2 aromatic carbocycles. The molecule has 1 aliphatic heterocycles. The Hall–Kier alpha value is -2.38. The molecule has 1 N–H and O–H groups in total. The van der Waals surface area contributed by atoms with Gasteiger partial charge in [0.1, 0.15) is 5.75 Å². The Morgan fingerprint density at radius 1 is 1.10 bits per heavy atom. The Morgan fingerprint density at radius 3 is 2.35 bits per heavy atom. The Bertz CT molecular complexity index is 1020. The summed E-state index contributed by atoms with van der Waals surface area (Å²) in [5, 5.41) is 2.95. The zero-order valence-electron chi connectivity index (χ0n) is 18.8. The summed E-state index contributed by atoms with van der Waals surface area (Å²) < 4.78 is 33.6. The molecule has 0 bridgehead atoms. The Morgan fingerprint density at radius 2 is 1.74 bits per heavy atom. The van der Waals surface area contributed by atoms with Crippen molar-refractivity contribution < 1.29 is 17.9 Å². The molecule has 1 amide bonds. The molecule has 2 aromatic rings. The molecule has 0 spiro atoms. The van der Waals surface area contributed by atoms with E-state index < -0.39 is 10.0 Å². The molecular formula is C24H32N2O4S. The van der Waals surface area contributed by atoms with Crippen LogP contribution in [-0.2, 0) is 14.8 Å². The molecule has 168 valence electrons. The van der Waals surface area contributed by atoms with Crippen molar-refractivity contribution in [3.8, 4) is 5.75 Å². The molecular weight excluding hydrogens is 412 g/mol. The third-order valence-electron chi connectivity index (χ3n) is 5.60. The fourth-order valence-electron chi connectivity index (χ4n) is 4.19. The molecule has 0 unspecified atom stereocenters. The highest BCUT2D eigenvalue weighted by Crippen LogP contribution is 2.29. The van der Waals surface area contributed by atoms with Crippen molar-refractivity contribution in [1.82, 2.24) is 4.31 Å². The lowest BCUT2D eigenvalue weighted by atomic mass is 9.97. The van der Waals surface area contributed by atoms with Gasteiger partial charge in [0.25, 0.3) is 0 Å². The first-order chi connectivity index (χ1) is 14.7. The normalized spacial score (nSPS) is 15.6. The van der Waals surface area contributed by atoms with Gasteiger partial charge in [0.15, 0.2) is 0 Å². The zero-order valence-corrected chi connectivity index (χ0v) is 19.6. The van der Waals surface area contributed by atoms with E-state index in [-0.39, 0.29) is 11.8 Å². The number of benzene rings is 2. The highest BCUT2D eigenvalue weighted by Gasteiger charge is 2.33. The molecule has 1 fully saturated rings. The van der Waals surface area contributed by atoms with Gasteiger partial charge in [-0.05, 0) is 63.3 Å². The minimum atomic E-state index is -3.58. The van der Waals surface area contributed by atoms with Gasteiger partial charge in [-0.25, -0.2) is 8.42 Å². The van der Waals surface area contributed by atoms with E-state index in [1.165, 1.54) is 4.31 Å². The summed E-state index contributed by atoms with van der Waals surface area (Å²) >= 11 is 0. The highest BCUT2D eigenvalue weighted by atomic mass is 32.2. The number of ether oxygens (including phenoxy) is 1. The summed E-state index contributed by atoms with van der Waals surface area (Å²) in [5.74, 6) is 0.434. The molecule has 6 nitrogen and oxygen atoms in total. The van der Waals surface area contributed by atoms with Gasteiger partial charge in [0.05, 0.1) is 11.5 Å². The van der Waals surface area contributed by atoms with E-state index in [2.05, 4.69) is 5.32 Å². The molecule has 0 aromatic heterocycles. The summed E-state index contributed by atoms with van der Waals surface area (Å²) in [6.45, 7) is 8.99. The maximum absolute atomic E-state index is 13.2. The minimum absolute atomic E-state index is 0.0765. The van der Waals surface area contributed by atoms with Gasteiger partial charge in [-0.1, -0.05) is 30.7 Å². The van der Waals surface area contributed by atoms with E-state index in [0.29, 0.717) is 43.1 Å². The fourth-order valence-corrected chi connectivity index (χ4v) is 6.07. The molecule has 31 heavy (non-hydrogen) atoms. The van der Waals surface area contributed by atoms with Gasteiger partial charge in [0.2, 0.25) is 15.9 Å². The molecule has 3 rings (SSSR count). The second-order valence-electron chi connectivity index (χ2n) is 8.27. The first kappa shape index (κ1) is 23.3. The molecule has 1 aliphatic rings. The largest absolute Gasteiger partial charge is 0.494 e. The van der Waals surface area contributed by atoms with Gasteiger partial charge < -0.3 is 10.1 Å². The number of nitrogens with one attached hydrogen (secondary N) is 1. The lowest BCUT2D eigenvalue weighted by Crippen LogP contribution is -2.41. The summed E-state index contributed by atoms with van der Waals surface area (Å²) in [6.07, 6.45) is 1.92. The van der Waals surface area contributed by atoms with Crippen LogP contribution in [0.4, 0.5) is 5.69 Å². The van der Waals surface area contributed by atoms with Gasteiger partial charge >= 0.3 is 0 Å². The van der Waals surface area contributed by atoms with Crippen LogP contribution in [0.2, 0.25) is 0 Å². The second kappa shape index (κ2) is 9.83. The van der Waals surface area contributed by atoms with Gasteiger partial charge in [-0.15, -0.1) is 0 Å². The van der Waals surface area contributed by atoms with Crippen LogP contribution in [-0.4, -0.2) is 38.3 Å². The number of aryl methyl sites for hydroxylation is 3. The minimum Gasteiger partial charge on any atom is -0.494 e. The van der Waals surface area contributed by atoms with Crippen LogP contribution in [0.1, 0.15) is 42.9 Å². The first-order valence-electron chi connectivity index (χ1n) is 10.8. The highest BCUT2D eigenvalue weighted by molar-refractivity contribution is 7.89. The Labute approximate surface area is 185 Å². The summed E-state index contributed by atoms with van der Waals surface area (Å²) in [4.78, 5) is 13.1. The van der Waals surface area contributed by atoms with Crippen molar-refractivity contribution in [2.75, 3.05) is 25.0 Å². The lowest BCUT2D eigenvalue weighted by Gasteiger charge is -2.31. The fraction of sp³-hybridized carbons (Fsp3) is 0.458. The Kier molecular flexibility index (Phi) is 7.38. The predicted molar refractivity (Wildman–Crippen MR) is 123 cm³/mol. The monoisotopic (exact) mass is 444 g/mol.